The molecule has 62 valence electrons. The first-order valence-electron chi connectivity index (χ1n) is 3.11. The molecule has 12 heavy (non-hydrogen) atoms. The van der Waals surface area contributed by atoms with Gasteiger partial charge >= 0.3 is 0 Å². The van der Waals surface area contributed by atoms with Crippen LogP contribution in [0.4, 0.5) is 0 Å². The Labute approximate surface area is 73.6 Å². The van der Waals surface area contributed by atoms with Crippen LogP contribution in [0.2, 0.25) is 0 Å². The molecule has 1 rings (SSSR count). The van der Waals surface area contributed by atoms with Gasteiger partial charge in [0.05, 0.1) is 4.92 Å². The molecule has 0 fully saturated rings. The average Bonchev–Trinajstić information content (AvgIpc) is 2.05. The van der Waals surface area contributed by atoms with Crippen LogP contribution in [0.25, 0.3) is 5.03 Å². The molecule has 0 atom stereocenters. The van der Waals surface area contributed by atoms with Crippen molar-refractivity contribution in [2.75, 3.05) is 0 Å². The third-order valence-electron chi connectivity index (χ3n) is 1.16. The van der Waals surface area contributed by atoms with E-state index in [4.69, 9.17) is 11.6 Å². The summed E-state index contributed by atoms with van der Waals surface area (Å²) in [6, 6.07) is 3.31. The maximum atomic E-state index is 10.0. The third kappa shape index (κ3) is 2.32. The Bertz CT molecular complexity index is 310. The van der Waals surface area contributed by atoms with Crippen LogP contribution in [0, 0.1) is 10.1 Å². The monoisotopic (exact) mass is 184 g/mol. The Morgan fingerprint density at radius 1 is 1.75 bits per heavy atom. The van der Waals surface area contributed by atoms with Crippen molar-refractivity contribution in [2.24, 2.45) is 0 Å². The maximum absolute atomic E-state index is 10.0. The molecule has 5 heteroatoms. The highest BCUT2D eigenvalue weighted by Gasteiger charge is 2.01. The fourth-order valence-electron chi connectivity index (χ4n) is 0.671. The highest BCUT2D eigenvalue weighted by molar-refractivity contribution is 6.48. The van der Waals surface area contributed by atoms with E-state index in [0.29, 0.717) is 5.56 Å². The van der Waals surface area contributed by atoms with Crippen molar-refractivity contribution in [3.8, 4) is 0 Å². The second kappa shape index (κ2) is 3.82. The summed E-state index contributed by atoms with van der Waals surface area (Å²) in [6.45, 7) is 0. The van der Waals surface area contributed by atoms with Gasteiger partial charge in [-0.2, -0.15) is 0 Å². The molecule has 1 aromatic rings. The van der Waals surface area contributed by atoms with E-state index >= 15 is 0 Å². The second-order valence-electron chi connectivity index (χ2n) is 2.00. The van der Waals surface area contributed by atoms with Crippen molar-refractivity contribution in [2.45, 2.75) is 0 Å². The molecule has 0 N–H and O–H groups in total. The summed E-state index contributed by atoms with van der Waals surface area (Å²) in [4.78, 5) is 13.2. The first-order chi connectivity index (χ1) is 5.70. The molecule has 0 aliphatic rings. The van der Waals surface area contributed by atoms with E-state index in [1.54, 1.807) is 18.3 Å². The minimum Gasteiger partial charge on any atom is -0.264 e. The van der Waals surface area contributed by atoms with E-state index < -0.39 is 4.92 Å². The second-order valence-corrected chi connectivity index (χ2v) is 2.41. The Hall–Kier alpha value is -1.42. The van der Waals surface area contributed by atoms with Gasteiger partial charge in [-0.15, -0.1) is 0 Å². The van der Waals surface area contributed by atoms with E-state index in [2.05, 4.69) is 4.98 Å². The van der Waals surface area contributed by atoms with Crippen molar-refractivity contribution >= 4 is 16.6 Å². The van der Waals surface area contributed by atoms with Crippen LogP contribution in [0.1, 0.15) is 5.56 Å². The maximum Gasteiger partial charge on any atom is 0.253 e. The molecular weight excluding hydrogens is 180 g/mol. The lowest BCUT2D eigenvalue weighted by Gasteiger charge is -1.92. The summed E-state index contributed by atoms with van der Waals surface area (Å²) in [5, 5.41) is 10.1. The lowest BCUT2D eigenvalue weighted by molar-refractivity contribution is -0.401. The summed E-state index contributed by atoms with van der Waals surface area (Å²) in [5.41, 5.74) is 0.538. The number of hydrogen-bond donors (Lipinski definition) is 0. The number of hydrogen-bond acceptors (Lipinski definition) is 3. The van der Waals surface area contributed by atoms with Crippen molar-refractivity contribution in [3.05, 3.63) is 46.4 Å². The van der Waals surface area contributed by atoms with Crippen LogP contribution < -0.4 is 0 Å². The van der Waals surface area contributed by atoms with Crippen LogP contribution in [-0.2, 0) is 0 Å². The molecule has 0 aliphatic heterocycles. The fraction of sp³-hybridized carbons (Fsp3) is 0. The number of halogens is 1. The number of rotatable bonds is 2. The first kappa shape index (κ1) is 8.67. The van der Waals surface area contributed by atoms with Gasteiger partial charge in [0.2, 0.25) is 0 Å². The minimum absolute atomic E-state index is 0.0769. The lowest BCUT2D eigenvalue weighted by atomic mass is 10.3. The van der Waals surface area contributed by atoms with Crippen LogP contribution >= 0.6 is 11.6 Å². The van der Waals surface area contributed by atoms with E-state index in [0.717, 1.165) is 6.20 Å². The molecular formula is C7H5ClN2O2. The summed E-state index contributed by atoms with van der Waals surface area (Å²) in [7, 11) is 0. The van der Waals surface area contributed by atoms with Gasteiger partial charge < -0.3 is 0 Å². The zero-order valence-electron chi connectivity index (χ0n) is 5.98. The number of nitrogens with zero attached hydrogens (tertiary/aromatic N) is 2. The van der Waals surface area contributed by atoms with Crippen LogP contribution in [0.5, 0.6) is 0 Å². The zero-order valence-corrected chi connectivity index (χ0v) is 6.73. The standard InChI is InChI=1S/C7H5ClN2O2/c8-7(5-10(11)12)6-2-1-3-9-4-6/h1-5H. The van der Waals surface area contributed by atoms with Crippen molar-refractivity contribution in [1.29, 1.82) is 0 Å². The Kier molecular flexibility index (Phi) is 2.76. The molecule has 0 saturated carbocycles. The highest BCUT2D eigenvalue weighted by Crippen LogP contribution is 2.16. The van der Waals surface area contributed by atoms with Gasteiger partial charge in [0.15, 0.2) is 0 Å². The molecule has 1 aromatic heterocycles. The summed E-state index contributed by atoms with van der Waals surface area (Å²) < 4.78 is 0. The molecule has 0 aromatic carbocycles. The van der Waals surface area contributed by atoms with Gasteiger partial charge in [-0.25, -0.2) is 0 Å². The molecule has 0 bridgehead atoms. The average molecular weight is 185 g/mol. The summed E-state index contributed by atoms with van der Waals surface area (Å²) in [6.07, 6.45) is 3.76. The predicted octanol–water partition coefficient (Wildman–Crippen LogP) is 1.90. The molecule has 0 aliphatic carbocycles. The highest BCUT2D eigenvalue weighted by atomic mass is 35.5. The van der Waals surface area contributed by atoms with Gasteiger partial charge in [0.25, 0.3) is 6.20 Å². The van der Waals surface area contributed by atoms with Gasteiger partial charge in [-0.3, -0.25) is 15.1 Å². The van der Waals surface area contributed by atoms with E-state index in [-0.39, 0.29) is 5.03 Å². The van der Waals surface area contributed by atoms with E-state index in [9.17, 15) is 10.1 Å². The zero-order chi connectivity index (χ0) is 8.97. The smallest absolute Gasteiger partial charge is 0.253 e. The fourth-order valence-corrected chi connectivity index (χ4v) is 0.863. The van der Waals surface area contributed by atoms with Crippen LogP contribution in [0.3, 0.4) is 0 Å². The number of pyridine rings is 1. The number of aromatic nitrogens is 1. The Balaban J connectivity index is 2.93. The lowest BCUT2D eigenvalue weighted by Crippen LogP contribution is -1.86. The molecule has 0 amide bonds. The number of nitro groups is 1. The minimum atomic E-state index is -0.602. The van der Waals surface area contributed by atoms with E-state index in [1.165, 1.54) is 6.20 Å². The predicted molar refractivity (Wildman–Crippen MR) is 45.1 cm³/mol. The third-order valence-corrected chi connectivity index (χ3v) is 1.47. The molecule has 0 saturated heterocycles. The molecule has 0 spiro atoms. The van der Waals surface area contributed by atoms with Gasteiger partial charge in [0.1, 0.15) is 5.03 Å². The van der Waals surface area contributed by atoms with Crippen LogP contribution in [-0.4, -0.2) is 9.91 Å². The molecule has 0 radical (unpaired) electrons. The molecule has 1 heterocycles. The largest absolute Gasteiger partial charge is 0.264 e. The molecule has 0 unspecified atom stereocenters. The first-order valence-corrected chi connectivity index (χ1v) is 3.49. The summed E-state index contributed by atoms with van der Waals surface area (Å²) >= 11 is 5.58. The normalized spacial score (nSPS) is 11.2. The van der Waals surface area contributed by atoms with Crippen molar-refractivity contribution in [1.82, 2.24) is 4.98 Å². The van der Waals surface area contributed by atoms with Crippen molar-refractivity contribution < 1.29 is 4.92 Å². The van der Waals surface area contributed by atoms with Gasteiger partial charge in [-0.05, 0) is 6.07 Å². The van der Waals surface area contributed by atoms with E-state index in [1.807, 2.05) is 0 Å². The Morgan fingerprint density at radius 3 is 3.00 bits per heavy atom. The quantitative estimate of drug-likeness (QED) is 0.521. The van der Waals surface area contributed by atoms with Crippen molar-refractivity contribution in [3.63, 3.8) is 0 Å². The Morgan fingerprint density at radius 2 is 2.50 bits per heavy atom. The topological polar surface area (TPSA) is 56.0 Å². The molecule has 4 nitrogen and oxygen atoms in total. The van der Waals surface area contributed by atoms with Gasteiger partial charge in [-0.1, -0.05) is 17.7 Å². The SMILES string of the molecule is O=[N+]([O-])C=C(Cl)c1cccnc1. The van der Waals surface area contributed by atoms with Gasteiger partial charge in [0, 0.05) is 18.0 Å². The van der Waals surface area contributed by atoms with Crippen LogP contribution in [0.15, 0.2) is 30.7 Å². The summed E-state index contributed by atoms with van der Waals surface area (Å²) in [5.74, 6) is 0.